The first kappa shape index (κ1) is 31.2. The summed E-state index contributed by atoms with van der Waals surface area (Å²) in [5, 5.41) is 12.0. The van der Waals surface area contributed by atoms with Crippen molar-refractivity contribution in [3.63, 3.8) is 0 Å². The number of hydrogen-bond donors (Lipinski definition) is 1. The first-order chi connectivity index (χ1) is 20.4. The minimum absolute atomic E-state index is 0.0948. The number of likely N-dealkylation sites (tertiary alicyclic amines) is 1. The molecule has 3 aromatic rings. The van der Waals surface area contributed by atoms with Crippen LogP contribution in [0.1, 0.15) is 66.4 Å². The third-order valence-electron chi connectivity index (χ3n) is 9.27. The van der Waals surface area contributed by atoms with E-state index in [9.17, 15) is 14.7 Å². The zero-order valence-corrected chi connectivity index (χ0v) is 27.2. The number of ether oxygens (including phenoxy) is 2. The topological polar surface area (TPSA) is 103 Å². The molecule has 2 saturated heterocycles. The third-order valence-corrected chi connectivity index (χ3v) is 15.3. The van der Waals surface area contributed by atoms with Gasteiger partial charge in [0.15, 0.2) is 5.79 Å². The molecule has 1 aromatic heterocycles. The molecule has 2 aromatic carbocycles. The molecule has 3 atom stereocenters. The maximum atomic E-state index is 13.7. The molecule has 10 heteroatoms. The largest absolute Gasteiger partial charge is 0.543 e. The highest BCUT2D eigenvalue weighted by molar-refractivity contribution is 6.78. The molecule has 1 amide bonds. The molecule has 2 fully saturated rings. The van der Waals surface area contributed by atoms with Gasteiger partial charge in [0.05, 0.1) is 35.9 Å². The summed E-state index contributed by atoms with van der Waals surface area (Å²) in [4.78, 5) is 32.9. The van der Waals surface area contributed by atoms with E-state index in [0.29, 0.717) is 46.2 Å². The van der Waals surface area contributed by atoms with Crippen molar-refractivity contribution in [2.24, 2.45) is 0 Å². The number of fused-ring (bicyclic) bond motifs is 2. The van der Waals surface area contributed by atoms with Crippen LogP contribution in [0.5, 0.6) is 5.75 Å². The predicted octanol–water partition coefficient (Wildman–Crippen LogP) is 6.23. The Labute approximate surface area is 254 Å². The molecule has 0 saturated carbocycles. The van der Waals surface area contributed by atoms with Crippen molar-refractivity contribution in [2.75, 3.05) is 6.54 Å². The van der Waals surface area contributed by atoms with Crippen molar-refractivity contribution < 1.29 is 23.8 Å². The Kier molecular flexibility index (Phi) is 9.01. The minimum Gasteiger partial charge on any atom is -0.543 e. The van der Waals surface area contributed by atoms with Gasteiger partial charge in [-0.1, -0.05) is 71.9 Å². The second-order valence-electron chi connectivity index (χ2n) is 13.0. The van der Waals surface area contributed by atoms with Crippen LogP contribution in [-0.2, 0) is 22.6 Å². The molecule has 3 heterocycles. The molecule has 5 rings (SSSR count). The van der Waals surface area contributed by atoms with Crippen molar-refractivity contribution >= 4 is 25.3 Å². The van der Waals surface area contributed by atoms with Crippen molar-refractivity contribution in [1.82, 2.24) is 14.5 Å². The van der Waals surface area contributed by atoms with Crippen LogP contribution in [0.3, 0.4) is 0 Å². The van der Waals surface area contributed by atoms with Gasteiger partial charge in [-0.3, -0.25) is 9.36 Å². The smallest absolute Gasteiger partial charge is 0.410 e. The van der Waals surface area contributed by atoms with E-state index in [1.165, 1.54) is 10.9 Å². The number of nitrogens with zero attached hydrogens (tertiary/aromatic N) is 3. The van der Waals surface area contributed by atoms with Gasteiger partial charge in [-0.05, 0) is 53.2 Å². The second-order valence-corrected chi connectivity index (χ2v) is 18.4. The summed E-state index contributed by atoms with van der Waals surface area (Å²) in [6, 6.07) is 14.7. The number of piperidine rings is 1. The number of carbonyl (C=O) groups is 1. The van der Waals surface area contributed by atoms with E-state index in [-0.39, 0.29) is 37.3 Å². The number of carbonyl (C=O) groups excluding carboxylic acids is 1. The van der Waals surface area contributed by atoms with Gasteiger partial charge in [-0.25, -0.2) is 9.78 Å². The van der Waals surface area contributed by atoms with Crippen LogP contribution in [0.4, 0.5) is 4.79 Å². The Morgan fingerprint density at radius 2 is 1.79 bits per heavy atom. The van der Waals surface area contributed by atoms with E-state index in [2.05, 4.69) is 46.5 Å². The fraction of sp³-hybridized carbons (Fsp3) is 0.545. The zero-order valence-electron chi connectivity index (χ0n) is 26.2. The van der Waals surface area contributed by atoms with Crippen LogP contribution >= 0.6 is 0 Å². The van der Waals surface area contributed by atoms with Gasteiger partial charge in [-0.15, -0.1) is 0 Å². The Balaban J connectivity index is 1.34. The van der Waals surface area contributed by atoms with Crippen molar-refractivity contribution in [1.29, 1.82) is 0 Å². The molecule has 2 aliphatic heterocycles. The molecule has 232 valence electrons. The molecule has 0 bridgehead atoms. The lowest BCUT2D eigenvalue weighted by molar-refractivity contribution is -0.202. The summed E-state index contributed by atoms with van der Waals surface area (Å²) in [7, 11) is -2.22. The van der Waals surface area contributed by atoms with Crippen LogP contribution in [0, 0.1) is 0 Å². The normalized spacial score (nSPS) is 22.4. The molecule has 1 unspecified atom stereocenters. The molecule has 9 nitrogen and oxygen atoms in total. The molecule has 0 radical (unpaired) electrons. The summed E-state index contributed by atoms with van der Waals surface area (Å²) in [6.45, 7) is 14.0. The molecule has 0 spiro atoms. The third kappa shape index (κ3) is 6.23. The minimum atomic E-state index is -2.22. The predicted molar refractivity (Wildman–Crippen MR) is 168 cm³/mol. The zero-order chi connectivity index (χ0) is 30.9. The highest BCUT2D eigenvalue weighted by Crippen LogP contribution is 2.43. The van der Waals surface area contributed by atoms with E-state index in [4.69, 9.17) is 13.9 Å². The van der Waals surface area contributed by atoms with Gasteiger partial charge >= 0.3 is 6.09 Å². The highest BCUT2D eigenvalue weighted by atomic mass is 28.4. The van der Waals surface area contributed by atoms with E-state index in [1.807, 2.05) is 42.5 Å². The van der Waals surface area contributed by atoms with Gasteiger partial charge in [0.1, 0.15) is 12.4 Å². The van der Waals surface area contributed by atoms with E-state index >= 15 is 0 Å². The second kappa shape index (κ2) is 12.4. The lowest BCUT2D eigenvalue weighted by Gasteiger charge is -2.42. The molecular formula is C33H45N3O6Si. The molecule has 43 heavy (non-hydrogen) atoms. The van der Waals surface area contributed by atoms with E-state index in [1.54, 1.807) is 11.0 Å². The number of aromatic nitrogens is 2. The van der Waals surface area contributed by atoms with E-state index in [0.717, 1.165) is 12.0 Å². The Morgan fingerprint density at radius 3 is 2.47 bits per heavy atom. The highest BCUT2D eigenvalue weighted by Gasteiger charge is 2.51. The average molecular weight is 608 g/mol. The fourth-order valence-electron chi connectivity index (χ4n) is 7.33. The molecule has 1 N–H and O–H groups in total. The van der Waals surface area contributed by atoms with Gasteiger partial charge in [0.25, 0.3) is 13.9 Å². The summed E-state index contributed by atoms with van der Waals surface area (Å²) in [5.74, 6) is -0.946. The molecule has 2 aliphatic rings. The average Bonchev–Trinajstić information content (AvgIpc) is 3.32. The van der Waals surface area contributed by atoms with Crippen LogP contribution < -0.4 is 9.99 Å². The van der Waals surface area contributed by atoms with Crippen molar-refractivity contribution in [3.8, 4) is 5.75 Å². The van der Waals surface area contributed by atoms with Gasteiger partial charge in [0, 0.05) is 13.0 Å². The summed E-state index contributed by atoms with van der Waals surface area (Å²) < 4.78 is 20.0. The summed E-state index contributed by atoms with van der Waals surface area (Å²) >= 11 is 0. The number of hydrogen-bond acceptors (Lipinski definition) is 7. The first-order valence-electron chi connectivity index (χ1n) is 15.5. The van der Waals surface area contributed by atoms with Crippen molar-refractivity contribution in [2.45, 2.75) is 109 Å². The lowest BCUT2D eigenvalue weighted by atomic mass is 9.97. The number of rotatable bonds is 9. The van der Waals surface area contributed by atoms with Crippen molar-refractivity contribution in [3.05, 3.63) is 70.8 Å². The Morgan fingerprint density at radius 1 is 1.09 bits per heavy atom. The lowest BCUT2D eigenvalue weighted by Crippen LogP contribution is -2.50. The van der Waals surface area contributed by atoms with Crippen LogP contribution in [0.25, 0.3) is 10.9 Å². The van der Waals surface area contributed by atoms with Gasteiger partial charge in [0.2, 0.25) is 0 Å². The maximum absolute atomic E-state index is 13.7. The SMILES string of the molecule is CC(C)[Si](Oc1ccc2ncn(CC3(O)C[C@H]4[C@H](CCCN4C(=O)OCc4ccccc4)O3)c(=O)c2c1)(C(C)C)C(C)C. The summed E-state index contributed by atoms with van der Waals surface area (Å²) in [5.41, 5.74) is 2.38. The molecular weight excluding hydrogens is 562 g/mol. The van der Waals surface area contributed by atoms with Crippen LogP contribution in [0.2, 0.25) is 16.6 Å². The van der Waals surface area contributed by atoms with Crippen LogP contribution in [0.15, 0.2) is 59.7 Å². The monoisotopic (exact) mass is 607 g/mol. The Hall–Kier alpha value is -3.21. The Bertz CT molecular complexity index is 1470. The number of aliphatic hydroxyl groups is 1. The quantitative estimate of drug-likeness (QED) is 0.288. The molecule has 0 aliphatic carbocycles. The maximum Gasteiger partial charge on any atom is 0.410 e. The van der Waals surface area contributed by atoms with Gasteiger partial charge in [-0.2, -0.15) is 0 Å². The van der Waals surface area contributed by atoms with E-state index < -0.39 is 20.2 Å². The van der Waals surface area contributed by atoms with Gasteiger partial charge < -0.3 is 23.9 Å². The fourth-order valence-corrected chi connectivity index (χ4v) is 12.6. The van der Waals surface area contributed by atoms with Crippen LogP contribution in [-0.4, -0.2) is 58.4 Å². The number of amides is 1. The standard InChI is InChI=1S/C33H45N3O6Si/c1-22(2)43(23(3)4,24(5)6)42-26-14-15-28-27(17-26)31(37)35(21-34-28)20-33(39)18-29-30(41-33)13-10-16-36(29)32(38)40-19-25-11-8-7-9-12-25/h7-9,11-12,14-15,17,21-24,29-30,39H,10,13,16,18-20H2,1-6H3/t29-,30-,33?/m0/s1. The summed E-state index contributed by atoms with van der Waals surface area (Å²) in [6.07, 6.45) is 2.33. The number of benzene rings is 2. The first-order valence-corrected chi connectivity index (χ1v) is 17.6.